The second kappa shape index (κ2) is 3.42. The molecular formula is C10H7ClFNO. The molecule has 0 aliphatic heterocycles. The molecular weight excluding hydrogens is 205 g/mol. The molecule has 1 heterocycles. The third kappa shape index (κ3) is 1.63. The third-order valence-corrected chi connectivity index (χ3v) is 2.06. The Kier molecular flexibility index (Phi) is 2.25. The predicted molar refractivity (Wildman–Crippen MR) is 51.6 cm³/mol. The van der Waals surface area contributed by atoms with E-state index in [0.29, 0.717) is 22.0 Å². The molecule has 0 atom stereocenters. The molecule has 72 valence electrons. The average molecular weight is 212 g/mol. The number of halogens is 2. The van der Waals surface area contributed by atoms with Crippen LogP contribution in [0, 0.1) is 12.7 Å². The molecule has 4 heteroatoms. The van der Waals surface area contributed by atoms with Gasteiger partial charge in [-0.25, -0.2) is 4.39 Å². The molecule has 14 heavy (non-hydrogen) atoms. The lowest BCUT2D eigenvalue weighted by atomic mass is 10.1. The highest BCUT2D eigenvalue weighted by Crippen LogP contribution is 2.25. The maximum atomic E-state index is 13.4. The van der Waals surface area contributed by atoms with Crippen molar-refractivity contribution in [1.29, 1.82) is 0 Å². The van der Waals surface area contributed by atoms with Crippen molar-refractivity contribution in [2.24, 2.45) is 0 Å². The van der Waals surface area contributed by atoms with Crippen LogP contribution in [0.2, 0.25) is 5.02 Å². The number of hydrogen-bond acceptors (Lipinski definition) is 2. The second-order valence-corrected chi connectivity index (χ2v) is 3.39. The van der Waals surface area contributed by atoms with Crippen molar-refractivity contribution < 1.29 is 8.91 Å². The Balaban J connectivity index is 2.52. The summed E-state index contributed by atoms with van der Waals surface area (Å²) in [5.74, 6) is 0.00492. The van der Waals surface area contributed by atoms with Gasteiger partial charge in [0.2, 0.25) is 0 Å². The number of rotatable bonds is 1. The monoisotopic (exact) mass is 211 g/mol. The molecule has 0 radical (unpaired) electrons. The van der Waals surface area contributed by atoms with Gasteiger partial charge in [-0.1, -0.05) is 16.8 Å². The highest BCUT2D eigenvalue weighted by molar-refractivity contribution is 6.30. The van der Waals surface area contributed by atoms with E-state index in [-0.39, 0.29) is 0 Å². The van der Waals surface area contributed by atoms with Crippen LogP contribution in [0.3, 0.4) is 0 Å². The largest absolute Gasteiger partial charge is 0.356 e. The van der Waals surface area contributed by atoms with Crippen LogP contribution >= 0.6 is 11.6 Å². The van der Waals surface area contributed by atoms with Gasteiger partial charge in [-0.15, -0.1) is 0 Å². The topological polar surface area (TPSA) is 26.0 Å². The zero-order chi connectivity index (χ0) is 10.1. The minimum absolute atomic E-state index is 0.363. The van der Waals surface area contributed by atoms with Crippen molar-refractivity contribution in [2.45, 2.75) is 6.92 Å². The van der Waals surface area contributed by atoms with E-state index in [1.54, 1.807) is 25.1 Å². The summed E-state index contributed by atoms with van der Waals surface area (Å²) >= 11 is 5.62. The van der Waals surface area contributed by atoms with Crippen LogP contribution in [0.1, 0.15) is 5.69 Å². The van der Waals surface area contributed by atoms with Gasteiger partial charge in [-0.05, 0) is 25.1 Å². The van der Waals surface area contributed by atoms with E-state index in [9.17, 15) is 4.39 Å². The maximum Gasteiger partial charge on any atom is 0.170 e. The van der Waals surface area contributed by atoms with E-state index in [1.807, 2.05) is 0 Å². The molecule has 0 amide bonds. The molecule has 2 aromatic rings. The summed E-state index contributed by atoms with van der Waals surface area (Å²) in [6.07, 6.45) is 0. The molecule has 0 N–H and O–H groups in total. The summed E-state index contributed by atoms with van der Waals surface area (Å²) < 4.78 is 18.3. The molecule has 0 saturated heterocycles. The van der Waals surface area contributed by atoms with Crippen LogP contribution in [0.5, 0.6) is 0 Å². The molecule has 0 unspecified atom stereocenters. The molecule has 1 aromatic carbocycles. The SMILES string of the molecule is Cc1cc(-c2ccc(Cl)cc2F)on1. The van der Waals surface area contributed by atoms with Crippen molar-refractivity contribution in [3.05, 3.63) is 40.8 Å². The quantitative estimate of drug-likeness (QED) is 0.722. The van der Waals surface area contributed by atoms with Crippen LogP contribution in [-0.4, -0.2) is 5.16 Å². The number of hydrogen-bond donors (Lipinski definition) is 0. The van der Waals surface area contributed by atoms with Crippen LogP contribution in [0.25, 0.3) is 11.3 Å². The summed E-state index contributed by atoms with van der Waals surface area (Å²) in [7, 11) is 0. The fourth-order valence-corrected chi connectivity index (χ4v) is 1.34. The first kappa shape index (κ1) is 9.21. The maximum absolute atomic E-state index is 13.4. The van der Waals surface area contributed by atoms with Gasteiger partial charge in [0.05, 0.1) is 11.3 Å². The van der Waals surface area contributed by atoms with E-state index < -0.39 is 5.82 Å². The number of nitrogens with zero attached hydrogens (tertiary/aromatic N) is 1. The van der Waals surface area contributed by atoms with Crippen molar-refractivity contribution >= 4 is 11.6 Å². The minimum Gasteiger partial charge on any atom is -0.356 e. The predicted octanol–water partition coefficient (Wildman–Crippen LogP) is 3.44. The highest BCUT2D eigenvalue weighted by atomic mass is 35.5. The molecule has 0 aliphatic carbocycles. The first-order chi connectivity index (χ1) is 6.66. The van der Waals surface area contributed by atoms with Crippen molar-refractivity contribution in [3.8, 4) is 11.3 Å². The van der Waals surface area contributed by atoms with Gasteiger partial charge >= 0.3 is 0 Å². The van der Waals surface area contributed by atoms with Gasteiger partial charge in [-0.3, -0.25) is 0 Å². The molecule has 0 bridgehead atoms. The number of aryl methyl sites for hydroxylation is 1. The lowest BCUT2D eigenvalue weighted by Crippen LogP contribution is -1.81. The van der Waals surface area contributed by atoms with E-state index in [1.165, 1.54) is 6.07 Å². The third-order valence-electron chi connectivity index (χ3n) is 1.82. The van der Waals surface area contributed by atoms with Crippen LogP contribution in [0.15, 0.2) is 28.8 Å². The van der Waals surface area contributed by atoms with Crippen molar-refractivity contribution in [1.82, 2.24) is 5.16 Å². The molecule has 0 fully saturated rings. The Morgan fingerprint density at radius 1 is 1.36 bits per heavy atom. The summed E-state index contributed by atoms with van der Waals surface area (Å²) in [4.78, 5) is 0. The summed E-state index contributed by atoms with van der Waals surface area (Å²) in [6, 6.07) is 6.09. The lowest BCUT2D eigenvalue weighted by molar-refractivity contribution is 0.425. The normalized spacial score (nSPS) is 10.5. The molecule has 0 saturated carbocycles. The van der Waals surface area contributed by atoms with E-state index in [2.05, 4.69) is 5.16 Å². The van der Waals surface area contributed by atoms with Gasteiger partial charge in [0.15, 0.2) is 5.76 Å². The zero-order valence-electron chi connectivity index (χ0n) is 7.42. The Bertz CT molecular complexity index is 467. The van der Waals surface area contributed by atoms with Gasteiger partial charge in [0.1, 0.15) is 5.82 Å². The Hall–Kier alpha value is -1.35. The molecule has 0 aliphatic rings. The van der Waals surface area contributed by atoms with Gasteiger partial charge in [0.25, 0.3) is 0 Å². The van der Waals surface area contributed by atoms with Crippen molar-refractivity contribution in [2.75, 3.05) is 0 Å². The van der Waals surface area contributed by atoms with E-state index in [4.69, 9.17) is 16.1 Å². The highest BCUT2D eigenvalue weighted by Gasteiger charge is 2.09. The number of benzene rings is 1. The van der Waals surface area contributed by atoms with Crippen LogP contribution < -0.4 is 0 Å². The van der Waals surface area contributed by atoms with Crippen LogP contribution in [-0.2, 0) is 0 Å². The van der Waals surface area contributed by atoms with Gasteiger partial charge < -0.3 is 4.52 Å². The first-order valence-electron chi connectivity index (χ1n) is 4.05. The van der Waals surface area contributed by atoms with Gasteiger partial charge in [-0.2, -0.15) is 0 Å². The lowest BCUT2D eigenvalue weighted by Gasteiger charge is -1.97. The van der Waals surface area contributed by atoms with Crippen molar-refractivity contribution in [3.63, 3.8) is 0 Å². The van der Waals surface area contributed by atoms with Crippen LogP contribution in [0.4, 0.5) is 4.39 Å². The smallest absolute Gasteiger partial charge is 0.170 e. The molecule has 2 nitrogen and oxygen atoms in total. The summed E-state index contributed by atoms with van der Waals surface area (Å²) in [5, 5.41) is 4.05. The molecule has 1 aromatic heterocycles. The number of aromatic nitrogens is 1. The molecule has 0 spiro atoms. The standard InChI is InChI=1S/C10H7ClFNO/c1-6-4-10(14-13-6)8-3-2-7(11)5-9(8)12/h2-5H,1H3. The zero-order valence-corrected chi connectivity index (χ0v) is 8.18. The second-order valence-electron chi connectivity index (χ2n) is 2.96. The molecule has 2 rings (SSSR count). The van der Waals surface area contributed by atoms with E-state index in [0.717, 1.165) is 0 Å². The van der Waals surface area contributed by atoms with Gasteiger partial charge in [0, 0.05) is 11.1 Å². The summed E-state index contributed by atoms with van der Waals surface area (Å²) in [5.41, 5.74) is 1.09. The Morgan fingerprint density at radius 3 is 2.71 bits per heavy atom. The fourth-order valence-electron chi connectivity index (χ4n) is 1.18. The summed E-state index contributed by atoms with van der Waals surface area (Å²) in [6.45, 7) is 1.78. The van der Waals surface area contributed by atoms with E-state index >= 15 is 0 Å². The first-order valence-corrected chi connectivity index (χ1v) is 4.43. The average Bonchev–Trinajstić information content (AvgIpc) is 2.51. The Morgan fingerprint density at radius 2 is 2.14 bits per heavy atom. The fraction of sp³-hybridized carbons (Fsp3) is 0.100. The minimum atomic E-state index is -0.409. The Labute approximate surface area is 85.3 Å².